The maximum absolute atomic E-state index is 11.7. The third-order valence-electron chi connectivity index (χ3n) is 3.12. The van der Waals surface area contributed by atoms with E-state index in [1.54, 1.807) is 0 Å². The average Bonchev–Trinajstić information content (AvgIpc) is 2.34. The lowest BCUT2D eigenvalue weighted by molar-refractivity contribution is -0.121. The van der Waals surface area contributed by atoms with Gasteiger partial charge in [0, 0.05) is 12.3 Å². The number of ketones is 1. The summed E-state index contributed by atoms with van der Waals surface area (Å²) in [5.41, 5.74) is 7.00. The van der Waals surface area contributed by atoms with E-state index in [2.05, 4.69) is 24.8 Å². The number of hydrogen-bond acceptors (Lipinski definition) is 2. The van der Waals surface area contributed by atoms with Crippen molar-refractivity contribution in [1.29, 1.82) is 0 Å². The fraction of sp³-hybridized carbons (Fsp3) is 0.500. The number of aryl methyl sites for hydroxylation is 1. The summed E-state index contributed by atoms with van der Waals surface area (Å²) >= 11 is 0. The van der Waals surface area contributed by atoms with E-state index in [-0.39, 0.29) is 5.92 Å². The fourth-order valence-corrected chi connectivity index (χ4v) is 2.29. The molecule has 1 fully saturated rings. The van der Waals surface area contributed by atoms with Gasteiger partial charge in [0.1, 0.15) is 5.78 Å². The molecule has 1 aliphatic rings. The van der Waals surface area contributed by atoms with E-state index in [0.29, 0.717) is 5.78 Å². The first kappa shape index (κ1) is 12.9. The molecule has 1 unspecified atom stereocenters. The first-order valence-corrected chi connectivity index (χ1v) is 5.95. The Balaban J connectivity index is 0.000000606. The van der Waals surface area contributed by atoms with Crippen LogP contribution >= 0.6 is 0 Å². The average molecular weight is 219 g/mol. The Hall–Kier alpha value is -1.15. The minimum absolute atomic E-state index is 0.185. The highest BCUT2D eigenvalue weighted by Crippen LogP contribution is 2.31. The summed E-state index contributed by atoms with van der Waals surface area (Å²) in [6.45, 7) is 2.09. The van der Waals surface area contributed by atoms with Gasteiger partial charge in [-0.2, -0.15) is 0 Å². The molecule has 0 aromatic heterocycles. The Morgan fingerprint density at radius 3 is 2.50 bits per heavy atom. The summed E-state index contributed by atoms with van der Waals surface area (Å²) < 4.78 is 0. The molecule has 2 nitrogen and oxygen atoms in total. The van der Waals surface area contributed by atoms with Crippen LogP contribution in [0.25, 0.3) is 0 Å². The first-order valence-electron chi connectivity index (χ1n) is 5.95. The van der Waals surface area contributed by atoms with Crippen molar-refractivity contribution < 1.29 is 4.79 Å². The van der Waals surface area contributed by atoms with Crippen molar-refractivity contribution in [3.8, 4) is 0 Å². The second kappa shape index (κ2) is 6.44. The van der Waals surface area contributed by atoms with Crippen LogP contribution in [0.3, 0.4) is 0 Å². The Bertz CT molecular complexity index is 346. The lowest BCUT2D eigenvalue weighted by Gasteiger charge is -2.22. The summed E-state index contributed by atoms with van der Waals surface area (Å²) in [7, 11) is 1.50. The predicted octanol–water partition coefficient (Wildman–Crippen LogP) is 2.80. The predicted molar refractivity (Wildman–Crippen MR) is 67.5 cm³/mol. The SMILES string of the molecule is CN.Cc1ccccc1C1CCCCC1=O. The van der Waals surface area contributed by atoms with E-state index in [0.717, 1.165) is 19.3 Å². The number of carbonyl (C=O) groups is 1. The highest BCUT2D eigenvalue weighted by molar-refractivity contribution is 5.86. The minimum Gasteiger partial charge on any atom is -0.333 e. The molecule has 0 radical (unpaired) electrons. The zero-order chi connectivity index (χ0) is 12.0. The zero-order valence-corrected chi connectivity index (χ0v) is 10.2. The summed E-state index contributed by atoms with van der Waals surface area (Å²) in [5, 5.41) is 0. The lowest BCUT2D eigenvalue weighted by atomic mass is 9.81. The first-order chi connectivity index (χ1) is 7.79. The molecule has 1 aromatic carbocycles. The van der Waals surface area contributed by atoms with Crippen molar-refractivity contribution in [2.75, 3.05) is 7.05 Å². The number of hydrogen-bond donors (Lipinski definition) is 1. The van der Waals surface area contributed by atoms with Gasteiger partial charge in [-0.05, 0) is 37.9 Å². The van der Waals surface area contributed by atoms with E-state index >= 15 is 0 Å². The van der Waals surface area contributed by atoms with Crippen LogP contribution in [-0.4, -0.2) is 12.8 Å². The van der Waals surface area contributed by atoms with Crippen LogP contribution in [0.5, 0.6) is 0 Å². The molecule has 0 spiro atoms. The molecule has 16 heavy (non-hydrogen) atoms. The van der Waals surface area contributed by atoms with E-state index in [4.69, 9.17) is 0 Å². The second-order valence-electron chi connectivity index (χ2n) is 4.12. The molecule has 0 aliphatic heterocycles. The topological polar surface area (TPSA) is 43.1 Å². The van der Waals surface area contributed by atoms with Crippen LogP contribution in [-0.2, 0) is 4.79 Å². The van der Waals surface area contributed by atoms with Crippen LogP contribution in [0.2, 0.25) is 0 Å². The van der Waals surface area contributed by atoms with Gasteiger partial charge in [-0.3, -0.25) is 4.79 Å². The fourth-order valence-electron chi connectivity index (χ4n) is 2.29. The van der Waals surface area contributed by atoms with Crippen molar-refractivity contribution >= 4 is 5.78 Å². The smallest absolute Gasteiger partial charge is 0.140 e. The molecular formula is C14H21NO. The van der Waals surface area contributed by atoms with Gasteiger partial charge in [0.2, 0.25) is 0 Å². The number of carbonyl (C=O) groups excluding carboxylic acids is 1. The Labute approximate surface area is 97.9 Å². The van der Waals surface area contributed by atoms with Gasteiger partial charge >= 0.3 is 0 Å². The number of benzene rings is 1. The quantitative estimate of drug-likeness (QED) is 0.789. The Morgan fingerprint density at radius 2 is 1.88 bits per heavy atom. The van der Waals surface area contributed by atoms with Crippen LogP contribution < -0.4 is 5.73 Å². The number of Topliss-reactive ketones (excluding diaryl/α,β-unsaturated/α-hetero) is 1. The molecular weight excluding hydrogens is 198 g/mol. The second-order valence-corrected chi connectivity index (χ2v) is 4.12. The van der Waals surface area contributed by atoms with Crippen molar-refractivity contribution in [3.63, 3.8) is 0 Å². The normalized spacial score (nSPS) is 19.9. The van der Waals surface area contributed by atoms with E-state index in [9.17, 15) is 4.79 Å². The van der Waals surface area contributed by atoms with Crippen LogP contribution in [0.4, 0.5) is 0 Å². The van der Waals surface area contributed by atoms with Gasteiger partial charge in [-0.15, -0.1) is 0 Å². The van der Waals surface area contributed by atoms with Gasteiger partial charge in [0.25, 0.3) is 0 Å². The van der Waals surface area contributed by atoms with E-state index in [1.807, 2.05) is 12.1 Å². The molecule has 2 rings (SSSR count). The molecule has 0 saturated heterocycles. The van der Waals surface area contributed by atoms with Crippen molar-refractivity contribution in [3.05, 3.63) is 35.4 Å². The molecule has 2 N–H and O–H groups in total. The van der Waals surface area contributed by atoms with Gasteiger partial charge < -0.3 is 5.73 Å². The number of rotatable bonds is 1. The summed E-state index contributed by atoms with van der Waals surface area (Å²) in [6, 6.07) is 8.26. The van der Waals surface area contributed by atoms with Crippen LogP contribution in [0.15, 0.2) is 24.3 Å². The molecule has 0 bridgehead atoms. The maximum atomic E-state index is 11.7. The van der Waals surface area contributed by atoms with E-state index in [1.165, 1.54) is 24.6 Å². The van der Waals surface area contributed by atoms with Crippen LogP contribution in [0.1, 0.15) is 42.7 Å². The van der Waals surface area contributed by atoms with Gasteiger partial charge in [-0.1, -0.05) is 30.7 Å². The van der Waals surface area contributed by atoms with Crippen molar-refractivity contribution in [2.24, 2.45) is 5.73 Å². The molecule has 2 heteroatoms. The highest BCUT2D eigenvalue weighted by atomic mass is 16.1. The van der Waals surface area contributed by atoms with Gasteiger partial charge in [0.15, 0.2) is 0 Å². The summed E-state index contributed by atoms with van der Waals surface area (Å²) in [5.74, 6) is 0.621. The zero-order valence-electron chi connectivity index (χ0n) is 10.2. The molecule has 1 saturated carbocycles. The van der Waals surface area contributed by atoms with Crippen molar-refractivity contribution in [1.82, 2.24) is 0 Å². The molecule has 1 aromatic rings. The van der Waals surface area contributed by atoms with Gasteiger partial charge in [-0.25, -0.2) is 0 Å². The number of nitrogens with two attached hydrogens (primary N) is 1. The van der Waals surface area contributed by atoms with Gasteiger partial charge in [0.05, 0.1) is 0 Å². The molecule has 0 heterocycles. The highest BCUT2D eigenvalue weighted by Gasteiger charge is 2.24. The monoisotopic (exact) mass is 219 g/mol. The minimum atomic E-state index is 0.185. The Morgan fingerprint density at radius 1 is 1.19 bits per heavy atom. The van der Waals surface area contributed by atoms with Crippen LogP contribution in [0, 0.1) is 6.92 Å². The largest absolute Gasteiger partial charge is 0.333 e. The molecule has 1 aliphatic carbocycles. The molecule has 0 amide bonds. The third kappa shape index (κ3) is 2.92. The summed E-state index contributed by atoms with van der Waals surface area (Å²) in [6.07, 6.45) is 4.11. The summed E-state index contributed by atoms with van der Waals surface area (Å²) in [4.78, 5) is 11.7. The standard InChI is InChI=1S/C13H16O.CH5N/c1-10-6-2-3-7-11(10)12-8-4-5-9-13(12)14;1-2/h2-3,6-7,12H,4-5,8-9H2,1H3;2H2,1H3. The lowest BCUT2D eigenvalue weighted by Crippen LogP contribution is -2.17. The maximum Gasteiger partial charge on any atom is 0.140 e. The third-order valence-corrected chi connectivity index (χ3v) is 3.12. The Kier molecular flexibility index (Phi) is 5.20. The molecule has 1 atom stereocenters. The van der Waals surface area contributed by atoms with Crippen molar-refractivity contribution in [2.45, 2.75) is 38.5 Å². The van der Waals surface area contributed by atoms with E-state index < -0.39 is 0 Å². The molecule has 88 valence electrons.